The van der Waals surface area contributed by atoms with Crippen LogP contribution in [0.2, 0.25) is 10.0 Å². The number of aromatic nitrogens is 2. The first-order valence-corrected chi connectivity index (χ1v) is 10.4. The van der Waals surface area contributed by atoms with E-state index in [9.17, 15) is 14.7 Å². The first-order valence-electron chi connectivity index (χ1n) is 9.62. The van der Waals surface area contributed by atoms with E-state index in [2.05, 4.69) is 15.3 Å². The van der Waals surface area contributed by atoms with E-state index in [4.69, 9.17) is 28.3 Å². The van der Waals surface area contributed by atoms with Crippen molar-refractivity contribution in [3.8, 4) is 5.88 Å². The van der Waals surface area contributed by atoms with Gasteiger partial charge in [-0.15, -0.1) is 0 Å². The largest absolute Gasteiger partial charge is 0.493 e. The van der Waals surface area contributed by atoms with Crippen molar-refractivity contribution in [2.75, 3.05) is 13.2 Å². The molecule has 0 fully saturated rings. The molecule has 1 aliphatic rings. The van der Waals surface area contributed by atoms with Gasteiger partial charge in [-0.05, 0) is 35.9 Å². The Bertz CT molecular complexity index is 1290. The van der Waals surface area contributed by atoms with Gasteiger partial charge >= 0.3 is 5.69 Å². The van der Waals surface area contributed by atoms with Crippen molar-refractivity contribution < 1.29 is 15.0 Å². The van der Waals surface area contributed by atoms with Crippen LogP contribution < -0.4 is 11.0 Å². The Morgan fingerprint density at radius 1 is 1.19 bits per heavy atom. The van der Waals surface area contributed by atoms with Crippen molar-refractivity contribution in [3.63, 3.8) is 0 Å². The van der Waals surface area contributed by atoms with Gasteiger partial charge in [0.05, 0.1) is 12.3 Å². The number of allylic oxidation sites excluding steroid dienone is 1. The van der Waals surface area contributed by atoms with Gasteiger partial charge in [0.15, 0.2) is 0 Å². The lowest BCUT2D eigenvalue weighted by Crippen LogP contribution is -2.38. The van der Waals surface area contributed by atoms with Crippen molar-refractivity contribution in [2.45, 2.75) is 6.04 Å². The van der Waals surface area contributed by atoms with Gasteiger partial charge in [0.25, 0.3) is 0 Å². The lowest BCUT2D eigenvalue weighted by molar-refractivity contribution is -0.123. The zero-order valence-electron chi connectivity index (χ0n) is 16.5. The molecule has 0 spiro atoms. The molecule has 4 N–H and O–H groups in total. The third-order valence-electron chi connectivity index (χ3n) is 4.95. The Labute approximate surface area is 192 Å². The molecule has 32 heavy (non-hydrogen) atoms. The SMILES string of the molecule is O=C(NCCO)C(c1ccc(Cl)cc1)n1c(O)c(C=C2C=Nc3cc(Cl)ccc32)[nH]c1=O. The third kappa shape index (κ3) is 4.20. The quantitative estimate of drug-likeness (QED) is 0.440. The summed E-state index contributed by atoms with van der Waals surface area (Å²) in [5.74, 6) is -0.989. The predicted octanol–water partition coefficient (Wildman–Crippen LogP) is 3.14. The minimum atomic E-state index is -1.18. The molecule has 1 unspecified atom stereocenters. The molecule has 10 heteroatoms. The zero-order valence-corrected chi connectivity index (χ0v) is 18.1. The lowest BCUT2D eigenvalue weighted by Gasteiger charge is -2.18. The number of nitrogens with zero attached hydrogens (tertiary/aromatic N) is 2. The Balaban J connectivity index is 1.78. The van der Waals surface area contributed by atoms with E-state index in [1.807, 2.05) is 0 Å². The summed E-state index contributed by atoms with van der Waals surface area (Å²) in [6.07, 6.45) is 3.17. The highest BCUT2D eigenvalue weighted by Gasteiger charge is 2.28. The van der Waals surface area contributed by atoms with Crippen LogP contribution in [0.4, 0.5) is 5.69 Å². The molecule has 0 radical (unpaired) electrons. The van der Waals surface area contributed by atoms with Crippen molar-refractivity contribution in [3.05, 3.63) is 79.8 Å². The summed E-state index contributed by atoms with van der Waals surface area (Å²) in [5.41, 5.74) is 1.99. The molecule has 0 bridgehead atoms. The number of imidazole rings is 1. The maximum absolute atomic E-state index is 12.9. The number of nitrogens with one attached hydrogen (secondary N) is 2. The number of carbonyl (C=O) groups is 1. The van der Waals surface area contributed by atoms with E-state index < -0.39 is 23.5 Å². The highest BCUT2D eigenvalue weighted by Crippen LogP contribution is 2.35. The van der Waals surface area contributed by atoms with Crippen LogP contribution in [0.3, 0.4) is 0 Å². The highest BCUT2D eigenvalue weighted by molar-refractivity contribution is 6.31. The van der Waals surface area contributed by atoms with E-state index in [0.29, 0.717) is 26.9 Å². The number of hydrogen-bond donors (Lipinski definition) is 4. The van der Waals surface area contributed by atoms with Crippen LogP contribution in [-0.4, -0.2) is 45.0 Å². The molecule has 0 saturated carbocycles. The summed E-state index contributed by atoms with van der Waals surface area (Å²) in [6, 6.07) is 10.4. The molecule has 0 aliphatic carbocycles. The Kier molecular flexibility index (Phi) is 6.18. The second-order valence-electron chi connectivity index (χ2n) is 7.03. The zero-order chi connectivity index (χ0) is 22.8. The number of aliphatic imine (C=N–C) groups is 1. The van der Waals surface area contributed by atoms with Gasteiger partial charge in [0.1, 0.15) is 11.7 Å². The van der Waals surface area contributed by atoms with Crippen molar-refractivity contribution in [2.24, 2.45) is 4.99 Å². The summed E-state index contributed by atoms with van der Waals surface area (Å²) in [4.78, 5) is 32.5. The van der Waals surface area contributed by atoms with Crippen LogP contribution in [0, 0.1) is 0 Å². The van der Waals surface area contributed by atoms with Gasteiger partial charge in [0, 0.05) is 33.9 Å². The van der Waals surface area contributed by atoms with E-state index in [1.54, 1.807) is 54.8 Å². The van der Waals surface area contributed by atoms with Crippen LogP contribution >= 0.6 is 23.2 Å². The summed E-state index contributed by atoms with van der Waals surface area (Å²) in [6.45, 7) is -0.275. The number of rotatable bonds is 6. The number of aliphatic hydroxyl groups excluding tert-OH is 1. The van der Waals surface area contributed by atoms with Crippen molar-refractivity contribution in [1.82, 2.24) is 14.9 Å². The second-order valence-corrected chi connectivity index (χ2v) is 7.90. The Morgan fingerprint density at radius 2 is 1.91 bits per heavy atom. The highest BCUT2D eigenvalue weighted by atomic mass is 35.5. The standard InChI is InChI=1S/C22H18Cl2N4O4/c23-14-3-1-12(2-4-14)19(20(30)25-7-8-29)28-21(31)18(27-22(28)32)9-13-11-26-17-10-15(24)5-6-16(13)17/h1-6,9-11,19,29,31H,7-8H2,(H,25,30)(H,27,32). The molecule has 4 rings (SSSR count). The maximum atomic E-state index is 12.9. The second kappa shape index (κ2) is 9.04. The number of benzene rings is 2. The smallest absolute Gasteiger partial charge is 0.329 e. The third-order valence-corrected chi connectivity index (χ3v) is 5.43. The number of H-pyrrole nitrogens is 1. The topological polar surface area (TPSA) is 120 Å². The summed E-state index contributed by atoms with van der Waals surface area (Å²) in [7, 11) is 0. The number of hydrogen-bond acceptors (Lipinski definition) is 5. The molecule has 164 valence electrons. The van der Waals surface area contributed by atoms with Crippen molar-refractivity contribution in [1.29, 1.82) is 0 Å². The minimum absolute atomic E-state index is 0.00439. The van der Waals surface area contributed by atoms with Crippen LogP contribution in [0.25, 0.3) is 11.6 Å². The normalized spacial score (nSPS) is 14.5. The number of aliphatic hydroxyl groups is 1. The molecule has 1 aliphatic heterocycles. The fourth-order valence-electron chi connectivity index (χ4n) is 3.47. The van der Waals surface area contributed by atoms with Crippen molar-refractivity contribution >= 4 is 52.7 Å². The molecule has 0 saturated heterocycles. The summed E-state index contributed by atoms with van der Waals surface area (Å²) < 4.78 is 0.956. The van der Waals surface area contributed by atoms with Gasteiger partial charge in [-0.25, -0.2) is 9.36 Å². The number of aromatic hydroxyl groups is 1. The molecule has 1 amide bonds. The van der Waals surface area contributed by atoms with E-state index in [-0.39, 0.29) is 18.8 Å². The molecular weight excluding hydrogens is 455 g/mol. The molecule has 2 heterocycles. The molecular formula is C22H18Cl2N4O4. The maximum Gasteiger partial charge on any atom is 0.329 e. The Morgan fingerprint density at radius 3 is 2.62 bits per heavy atom. The number of amides is 1. The van der Waals surface area contributed by atoms with Gasteiger partial charge in [-0.2, -0.15) is 0 Å². The number of halogens is 2. The summed E-state index contributed by atoms with van der Waals surface area (Å²) in [5, 5.41) is 23.5. The van der Waals surface area contributed by atoms with Crippen LogP contribution in [-0.2, 0) is 4.79 Å². The monoisotopic (exact) mass is 472 g/mol. The lowest BCUT2D eigenvalue weighted by atomic mass is 10.1. The van der Waals surface area contributed by atoms with Crippen LogP contribution in [0.1, 0.15) is 22.9 Å². The molecule has 1 aromatic heterocycles. The van der Waals surface area contributed by atoms with Crippen LogP contribution in [0.5, 0.6) is 5.88 Å². The molecule has 1 atom stereocenters. The first-order chi connectivity index (χ1) is 15.4. The fraction of sp³-hybridized carbons (Fsp3) is 0.136. The number of fused-ring (bicyclic) bond motifs is 1. The molecule has 2 aromatic carbocycles. The molecule has 3 aromatic rings. The average molecular weight is 473 g/mol. The fourth-order valence-corrected chi connectivity index (χ4v) is 3.76. The first kappa shape index (κ1) is 21.9. The molecule has 8 nitrogen and oxygen atoms in total. The number of carbonyl (C=O) groups excluding carboxylic acids is 1. The van der Waals surface area contributed by atoms with E-state index >= 15 is 0 Å². The van der Waals surface area contributed by atoms with E-state index in [1.165, 1.54) is 0 Å². The minimum Gasteiger partial charge on any atom is -0.493 e. The van der Waals surface area contributed by atoms with E-state index in [0.717, 1.165) is 10.1 Å². The summed E-state index contributed by atoms with van der Waals surface area (Å²) >= 11 is 12.0. The van der Waals surface area contributed by atoms with Crippen LogP contribution in [0.15, 0.2) is 52.3 Å². The predicted molar refractivity (Wildman–Crippen MR) is 124 cm³/mol. The van der Waals surface area contributed by atoms with Gasteiger partial charge in [-0.1, -0.05) is 41.4 Å². The van der Waals surface area contributed by atoms with Gasteiger partial charge in [0.2, 0.25) is 11.8 Å². The number of aromatic amines is 1. The Hall–Kier alpha value is -3.33. The average Bonchev–Trinajstić information content (AvgIpc) is 3.29. The van der Waals surface area contributed by atoms with Gasteiger partial charge < -0.3 is 20.5 Å². The van der Waals surface area contributed by atoms with Gasteiger partial charge in [-0.3, -0.25) is 9.79 Å².